The van der Waals surface area contributed by atoms with Crippen LogP contribution in [0.3, 0.4) is 0 Å². The van der Waals surface area contributed by atoms with Gasteiger partial charge in [0.05, 0.1) is 13.0 Å². The third-order valence-corrected chi connectivity index (χ3v) is 3.20. The molecule has 1 rings (SSSR count). The van der Waals surface area contributed by atoms with Crippen molar-refractivity contribution >= 4 is 17.7 Å². The Kier molecular flexibility index (Phi) is 5.21. The molecule has 0 aliphatic heterocycles. The molecule has 0 aromatic heterocycles. The maximum absolute atomic E-state index is 10.7. The molecule has 0 aliphatic carbocycles. The van der Waals surface area contributed by atoms with Crippen molar-refractivity contribution < 1.29 is 15.0 Å². The SMILES string of the molecule is O=C(O)CC(SCCO)c1ccccc1. The van der Waals surface area contributed by atoms with E-state index in [1.165, 1.54) is 11.8 Å². The van der Waals surface area contributed by atoms with Crippen LogP contribution in [-0.2, 0) is 4.79 Å². The predicted molar refractivity (Wildman–Crippen MR) is 61.0 cm³/mol. The molecule has 1 aromatic carbocycles. The summed E-state index contributed by atoms with van der Waals surface area (Å²) in [6, 6.07) is 9.52. The van der Waals surface area contributed by atoms with Crippen molar-refractivity contribution in [3.8, 4) is 0 Å². The zero-order valence-electron chi connectivity index (χ0n) is 8.30. The number of carboxylic acid groups (broad SMARTS) is 1. The van der Waals surface area contributed by atoms with Crippen LogP contribution in [0.2, 0.25) is 0 Å². The van der Waals surface area contributed by atoms with Crippen molar-refractivity contribution in [2.45, 2.75) is 11.7 Å². The predicted octanol–water partition coefficient (Wildman–Crippen LogP) is 1.93. The van der Waals surface area contributed by atoms with Gasteiger partial charge >= 0.3 is 5.97 Å². The summed E-state index contributed by atoms with van der Waals surface area (Å²) >= 11 is 1.47. The van der Waals surface area contributed by atoms with Gasteiger partial charge < -0.3 is 10.2 Å². The number of hydrogen-bond acceptors (Lipinski definition) is 3. The minimum absolute atomic E-state index is 0.0733. The molecule has 0 spiro atoms. The number of aliphatic hydroxyl groups excluding tert-OH is 1. The molecule has 1 unspecified atom stereocenters. The van der Waals surface area contributed by atoms with Gasteiger partial charge in [-0.1, -0.05) is 30.3 Å². The fourth-order valence-electron chi connectivity index (χ4n) is 1.29. The normalized spacial score (nSPS) is 12.3. The lowest BCUT2D eigenvalue weighted by Gasteiger charge is -2.13. The molecule has 0 heterocycles. The Morgan fingerprint density at radius 1 is 1.33 bits per heavy atom. The summed E-state index contributed by atoms with van der Waals surface area (Å²) in [6.45, 7) is 0.0770. The molecule has 1 aromatic rings. The van der Waals surface area contributed by atoms with E-state index in [4.69, 9.17) is 10.2 Å². The highest BCUT2D eigenvalue weighted by Crippen LogP contribution is 2.31. The van der Waals surface area contributed by atoms with Gasteiger partial charge in [0.2, 0.25) is 0 Å². The largest absolute Gasteiger partial charge is 0.481 e. The van der Waals surface area contributed by atoms with Gasteiger partial charge in [0.1, 0.15) is 0 Å². The smallest absolute Gasteiger partial charge is 0.304 e. The van der Waals surface area contributed by atoms with Gasteiger partial charge in [-0.2, -0.15) is 11.8 Å². The monoisotopic (exact) mass is 226 g/mol. The first-order valence-corrected chi connectivity index (χ1v) is 5.78. The minimum atomic E-state index is -0.811. The van der Waals surface area contributed by atoms with Crippen LogP contribution >= 0.6 is 11.8 Å². The zero-order valence-corrected chi connectivity index (χ0v) is 9.11. The lowest BCUT2D eigenvalue weighted by molar-refractivity contribution is -0.137. The van der Waals surface area contributed by atoms with Gasteiger partial charge in [-0.25, -0.2) is 0 Å². The van der Waals surface area contributed by atoms with Crippen LogP contribution in [0.15, 0.2) is 30.3 Å². The molecule has 1 atom stereocenters. The second-order valence-electron chi connectivity index (χ2n) is 3.09. The van der Waals surface area contributed by atoms with E-state index in [0.717, 1.165) is 5.56 Å². The summed E-state index contributed by atoms with van der Waals surface area (Å²) in [6.07, 6.45) is 0.0919. The standard InChI is InChI=1S/C11H14O3S/c12-6-7-15-10(8-11(13)14)9-4-2-1-3-5-9/h1-5,10,12H,6-8H2,(H,13,14). The summed E-state index contributed by atoms with van der Waals surface area (Å²) in [5, 5.41) is 17.4. The molecule has 2 N–H and O–H groups in total. The molecule has 82 valence electrons. The highest BCUT2D eigenvalue weighted by molar-refractivity contribution is 7.99. The number of aliphatic hydroxyl groups is 1. The van der Waals surface area contributed by atoms with Crippen LogP contribution < -0.4 is 0 Å². The first-order chi connectivity index (χ1) is 7.24. The van der Waals surface area contributed by atoms with Crippen molar-refractivity contribution in [1.29, 1.82) is 0 Å². The van der Waals surface area contributed by atoms with Crippen LogP contribution in [0.1, 0.15) is 17.2 Å². The number of hydrogen-bond donors (Lipinski definition) is 2. The topological polar surface area (TPSA) is 57.5 Å². The number of benzene rings is 1. The second kappa shape index (κ2) is 6.48. The summed E-state index contributed by atoms with van der Waals surface area (Å²) in [7, 11) is 0. The molecule has 0 saturated heterocycles. The van der Waals surface area contributed by atoms with E-state index in [2.05, 4.69) is 0 Å². The number of carboxylic acids is 1. The van der Waals surface area contributed by atoms with E-state index in [-0.39, 0.29) is 18.3 Å². The highest BCUT2D eigenvalue weighted by Gasteiger charge is 2.15. The van der Waals surface area contributed by atoms with Crippen molar-refractivity contribution in [2.75, 3.05) is 12.4 Å². The highest BCUT2D eigenvalue weighted by atomic mass is 32.2. The van der Waals surface area contributed by atoms with E-state index in [1.807, 2.05) is 30.3 Å². The van der Waals surface area contributed by atoms with Crippen molar-refractivity contribution in [3.05, 3.63) is 35.9 Å². The lowest BCUT2D eigenvalue weighted by Crippen LogP contribution is -2.04. The van der Waals surface area contributed by atoms with Crippen LogP contribution in [-0.4, -0.2) is 28.5 Å². The Hall–Kier alpha value is -1.00. The molecule has 4 heteroatoms. The molecule has 3 nitrogen and oxygen atoms in total. The third kappa shape index (κ3) is 4.36. The zero-order chi connectivity index (χ0) is 11.1. The maximum Gasteiger partial charge on any atom is 0.304 e. The number of rotatable bonds is 6. The van der Waals surface area contributed by atoms with Crippen LogP contribution in [0.5, 0.6) is 0 Å². The van der Waals surface area contributed by atoms with Gasteiger partial charge in [-0.05, 0) is 5.56 Å². The lowest BCUT2D eigenvalue weighted by atomic mass is 10.1. The third-order valence-electron chi connectivity index (χ3n) is 1.94. The van der Waals surface area contributed by atoms with Crippen LogP contribution in [0.25, 0.3) is 0 Å². The number of aliphatic carboxylic acids is 1. The maximum atomic E-state index is 10.7. The van der Waals surface area contributed by atoms with Gasteiger partial charge in [0.15, 0.2) is 0 Å². The van der Waals surface area contributed by atoms with Crippen LogP contribution in [0, 0.1) is 0 Å². The molecule has 15 heavy (non-hydrogen) atoms. The quantitative estimate of drug-likeness (QED) is 0.778. The summed E-state index contributed by atoms with van der Waals surface area (Å²) in [5.41, 5.74) is 0.998. The van der Waals surface area contributed by atoms with E-state index < -0.39 is 5.97 Å². The molecule has 0 saturated carbocycles. The second-order valence-corrected chi connectivity index (χ2v) is 4.40. The molecular formula is C11H14O3S. The average Bonchev–Trinajstić information content (AvgIpc) is 2.25. The van der Waals surface area contributed by atoms with Gasteiger partial charge in [0.25, 0.3) is 0 Å². The molecule has 0 amide bonds. The summed E-state index contributed by atoms with van der Waals surface area (Å²) in [4.78, 5) is 10.7. The van der Waals surface area contributed by atoms with Gasteiger partial charge in [-0.3, -0.25) is 4.79 Å². The molecular weight excluding hydrogens is 212 g/mol. The Morgan fingerprint density at radius 3 is 2.53 bits per heavy atom. The fraction of sp³-hybridized carbons (Fsp3) is 0.364. The number of thioether (sulfide) groups is 1. The first kappa shape index (κ1) is 12.1. The average molecular weight is 226 g/mol. The molecule has 0 aliphatic rings. The summed E-state index contributed by atoms with van der Waals surface area (Å²) < 4.78 is 0. The molecule has 0 fully saturated rings. The van der Waals surface area contributed by atoms with E-state index >= 15 is 0 Å². The van der Waals surface area contributed by atoms with Gasteiger partial charge in [-0.15, -0.1) is 0 Å². The Bertz CT molecular complexity index is 300. The van der Waals surface area contributed by atoms with Crippen molar-refractivity contribution in [3.63, 3.8) is 0 Å². The Balaban J connectivity index is 2.67. The Morgan fingerprint density at radius 2 is 2.00 bits per heavy atom. The van der Waals surface area contributed by atoms with Crippen LogP contribution in [0.4, 0.5) is 0 Å². The van der Waals surface area contributed by atoms with E-state index in [1.54, 1.807) is 0 Å². The first-order valence-electron chi connectivity index (χ1n) is 4.73. The molecule has 0 bridgehead atoms. The van der Waals surface area contributed by atoms with Gasteiger partial charge in [0, 0.05) is 11.0 Å². The van der Waals surface area contributed by atoms with E-state index in [9.17, 15) is 4.79 Å². The Labute approximate surface area is 93.1 Å². The van der Waals surface area contributed by atoms with Crippen molar-refractivity contribution in [2.24, 2.45) is 0 Å². The van der Waals surface area contributed by atoms with Crippen molar-refractivity contribution in [1.82, 2.24) is 0 Å². The summed E-state index contributed by atoms with van der Waals surface area (Å²) in [5.74, 6) is -0.248. The molecule has 0 radical (unpaired) electrons. The number of carbonyl (C=O) groups is 1. The fourth-order valence-corrected chi connectivity index (χ4v) is 2.29. The minimum Gasteiger partial charge on any atom is -0.481 e. The van der Waals surface area contributed by atoms with E-state index in [0.29, 0.717) is 5.75 Å².